The molecule has 1 heterocycles. The SMILES string of the molecule is CC(C)c1cc(Br)ccc1Oc1ncnc(N)c1Br. The Hall–Kier alpha value is -1.14. The number of halogens is 2. The zero-order valence-electron chi connectivity index (χ0n) is 10.5. The Morgan fingerprint density at radius 2 is 1.95 bits per heavy atom. The van der Waals surface area contributed by atoms with Crippen LogP contribution in [0.15, 0.2) is 33.5 Å². The second-order valence-corrected chi connectivity index (χ2v) is 6.03. The van der Waals surface area contributed by atoms with Gasteiger partial charge in [-0.15, -0.1) is 0 Å². The molecule has 0 fully saturated rings. The smallest absolute Gasteiger partial charge is 0.238 e. The summed E-state index contributed by atoms with van der Waals surface area (Å²) < 4.78 is 7.42. The lowest BCUT2D eigenvalue weighted by molar-refractivity contribution is 0.450. The molecule has 1 aromatic carbocycles. The molecule has 0 radical (unpaired) electrons. The first-order chi connectivity index (χ1) is 8.99. The Labute approximate surface area is 128 Å². The van der Waals surface area contributed by atoms with E-state index in [1.165, 1.54) is 6.33 Å². The van der Waals surface area contributed by atoms with E-state index < -0.39 is 0 Å². The van der Waals surface area contributed by atoms with E-state index in [4.69, 9.17) is 10.5 Å². The topological polar surface area (TPSA) is 61.0 Å². The minimum atomic E-state index is 0.338. The van der Waals surface area contributed by atoms with Crippen molar-refractivity contribution in [3.63, 3.8) is 0 Å². The van der Waals surface area contributed by atoms with Crippen molar-refractivity contribution in [2.75, 3.05) is 5.73 Å². The van der Waals surface area contributed by atoms with Crippen molar-refractivity contribution >= 4 is 37.7 Å². The van der Waals surface area contributed by atoms with Gasteiger partial charge in [-0.05, 0) is 45.6 Å². The fourth-order valence-electron chi connectivity index (χ4n) is 1.61. The van der Waals surface area contributed by atoms with Gasteiger partial charge >= 0.3 is 0 Å². The number of nitrogen functional groups attached to an aromatic ring is 1. The van der Waals surface area contributed by atoms with Gasteiger partial charge in [0.1, 0.15) is 22.4 Å². The number of nitrogens with zero attached hydrogens (tertiary/aromatic N) is 2. The molecule has 2 rings (SSSR count). The fourth-order valence-corrected chi connectivity index (χ4v) is 2.27. The van der Waals surface area contributed by atoms with Crippen molar-refractivity contribution in [2.24, 2.45) is 0 Å². The van der Waals surface area contributed by atoms with E-state index in [0.717, 1.165) is 15.8 Å². The summed E-state index contributed by atoms with van der Waals surface area (Å²) in [5.41, 5.74) is 6.81. The van der Waals surface area contributed by atoms with Crippen molar-refractivity contribution in [1.29, 1.82) is 0 Å². The Balaban J connectivity index is 2.41. The first-order valence-electron chi connectivity index (χ1n) is 5.72. The second kappa shape index (κ2) is 5.88. The summed E-state index contributed by atoms with van der Waals surface area (Å²) >= 11 is 6.80. The summed E-state index contributed by atoms with van der Waals surface area (Å²) in [4.78, 5) is 7.97. The molecule has 2 N–H and O–H groups in total. The van der Waals surface area contributed by atoms with Gasteiger partial charge in [0.05, 0.1) is 0 Å². The average Bonchev–Trinajstić information content (AvgIpc) is 2.36. The molecule has 4 nitrogen and oxygen atoms in total. The summed E-state index contributed by atoms with van der Waals surface area (Å²) in [5, 5.41) is 0. The van der Waals surface area contributed by atoms with Crippen LogP contribution in [0, 0.1) is 0 Å². The van der Waals surface area contributed by atoms with Crippen molar-refractivity contribution < 1.29 is 4.74 Å². The molecule has 0 atom stereocenters. The molecule has 0 aliphatic carbocycles. The van der Waals surface area contributed by atoms with Gasteiger partial charge in [-0.25, -0.2) is 9.97 Å². The maximum Gasteiger partial charge on any atom is 0.238 e. The molecule has 0 bridgehead atoms. The molecule has 1 aromatic heterocycles. The van der Waals surface area contributed by atoms with E-state index in [0.29, 0.717) is 22.1 Å². The van der Waals surface area contributed by atoms with Gasteiger partial charge in [0, 0.05) is 4.47 Å². The maximum absolute atomic E-state index is 5.84. The normalized spacial score (nSPS) is 10.8. The molecule has 0 saturated carbocycles. The third kappa shape index (κ3) is 3.25. The van der Waals surface area contributed by atoms with E-state index in [-0.39, 0.29) is 0 Å². The van der Waals surface area contributed by atoms with Gasteiger partial charge in [0.15, 0.2) is 0 Å². The molecule has 0 saturated heterocycles. The number of anilines is 1. The Kier molecular flexibility index (Phi) is 4.42. The van der Waals surface area contributed by atoms with Crippen molar-refractivity contribution in [1.82, 2.24) is 9.97 Å². The number of hydrogen-bond donors (Lipinski definition) is 1. The first-order valence-corrected chi connectivity index (χ1v) is 7.31. The van der Waals surface area contributed by atoms with Crippen LogP contribution in [-0.2, 0) is 0 Å². The molecule has 0 aliphatic heterocycles. The summed E-state index contributed by atoms with van der Waals surface area (Å²) in [6.07, 6.45) is 1.38. The van der Waals surface area contributed by atoms with Gasteiger partial charge in [0.25, 0.3) is 0 Å². The van der Waals surface area contributed by atoms with Gasteiger partial charge in [0.2, 0.25) is 5.88 Å². The van der Waals surface area contributed by atoms with Crippen LogP contribution in [0.4, 0.5) is 5.82 Å². The van der Waals surface area contributed by atoms with Crippen LogP contribution in [0.25, 0.3) is 0 Å². The minimum absolute atomic E-state index is 0.338. The highest BCUT2D eigenvalue weighted by Gasteiger charge is 2.13. The van der Waals surface area contributed by atoms with Gasteiger partial charge in [-0.1, -0.05) is 29.8 Å². The van der Waals surface area contributed by atoms with Crippen LogP contribution in [0.2, 0.25) is 0 Å². The number of rotatable bonds is 3. The van der Waals surface area contributed by atoms with Gasteiger partial charge in [-0.2, -0.15) is 0 Å². The molecule has 6 heteroatoms. The highest BCUT2D eigenvalue weighted by atomic mass is 79.9. The molecule has 100 valence electrons. The maximum atomic E-state index is 5.84. The van der Waals surface area contributed by atoms with E-state index >= 15 is 0 Å². The summed E-state index contributed by atoms with van der Waals surface area (Å²) in [6.45, 7) is 4.22. The molecular formula is C13H13Br2N3O. The molecule has 2 aromatic rings. The van der Waals surface area contributed by atoms with Crippen molar-refractivity contribution in [3.8, 4) is 11.6 Å². The molecule has 0 unspecified atom stereocenters. The van der Waals surface area contributed by atoms with Crippen LogP contribution in [0.5, 0.6) is 11.6 Å². The Bertz CT molecular complexity index is 602. The van der Waals surface area contributed by atoms with E-state index in [9.17, 15) is 0 Å². The number of nitrogens with two attached hydrogens (primary N) is 1. The summed E-state index contributed by atoms with van der Waals surface area (Å²) in [7, 11) is 0. The highest BCUT2D eigenvalue weighted by molar-refractivity contribution is 9.11. The van der Waals surface area contributed by atoms with Crippen molar-refractivity contribution in [3.05, 3.63) is 39.0 Å². The van der Waals surface area contributed by atoms with Crippen molar-refractivity contribution in [2.45, 2.75) is 19.8 Å². The van der Waals surface area contributed by atoms with Crippen LogP contribution in [0.1, 0.15) is 25.3 Å². The van der Waals surface area contributed by atoms with Crippen LogP contribution in [-0.4, -0.2) is 9.97 Å². The van der Waals surface area contributed by atoms with E-state index in [1.807, 2.05) is 18.2 Å². The lowest BCUT2D eigenvalue weighted by Crippen LogP contribution is -1.99. The molecule has 0 aliphatic rings. The monoisotopic (exact) mass is 385 g/mol. The van der Waals surface area contributed by atoms with Crippen LogP contribution >= 0.6 is 31.9 Å². The molecule has 19 heavy (non-hydrogen) atoms. The lowest BCUT2D eigenvalue weighted by atomic mass is 10.0. The van der Waals surface area contributed by atoms with Gasteiger partial charge in [-0.3, -0.25) is 0 Å². The lowest BCUT2D eigenvalue weighted by Gasteiger charge is -2.14. The standard InChI is InChI=1S/C13H13Br2N3O/c1-7(2)9-5-8(14)3-4-10(9)19-13-11(15)12(16)17-6-18-13/h3-7H,1-2H3,(H2,16,17,18). The number of benzene rings is 1. The number of ether oxygens (including phenoxy) is 1. The largest absolute Gasteiger partial charge is 0.437 e. The zero-order chi connectivity index (χ0) is 14.0. The number of aromatic nitrogens is 2. The third-order valence-electron chi connectivity index (χ3n) is 2.58. The van der Waals surface area contributed by atoms with E-state index in [2.05, 4.69) is 55.7 Å². The Morgan fingerprint density at radius 3 is 2.63 bits per heavy atom. The third-order valence-corrected chi connectivity index (χ3v) is 3.82. The second-order valence-electron chi connectivity index (χ2n) is 4.32. The number of hydrogen-bond acceptors (Lipinski definition) is 4. The molecule has 0 amide bonds. The van der Waals surface area contributed by atoms with E-state index in [1.54, 1.807) is 0 Å². The summed E-state index contributed by atoms with van der Waals surface area (Å²) in [6, 6.07) is 5.88. The quantitative estimate of drug-likeness (QED) is 0.843. The average molecular weight is 387 g/mol. The first kappa shape index (κ1) is 14.3. The highest BCUT2D eigenvalue weighted by Crippen LogP contribution is 2.35. The minimum Gasteiger partial charge on any atom is -0.437 e. The zero-order valence-corrected chi connectivity index (χ0v) is 13.7. The predicted molar refractivity (Wildman–Crippen MR) is 82.4 cm³/mol. The molecule has 0 spiro atoms. The fraction of sp³-hybridized carbons (Fsp3) is 0.231. The summed E-state index contributed by atoms with van der Waals surface area (Å²) in [5.74, 6) is 1.87. The van der Waals surface area contributed by atoms with Crippen LogP contribution < -0.4 is 10.5 Å². The predicted octanol–water partition coefficient (Wildman–Crippen LogP) is 4.50. The molecular weight excluding hydrogens is 374 g/mol. The van der Waals surface area contributed by atoms with Gasteiger partial charge < -0.3 is 10.5 Å². The Morgan fingerprint density at radius 1 is 1.21 bits per heavy atom. The van der Waals surface area contributed by atoms with Crippen LogP contribution in [0.3, 0.4) is 0 Å².